The first-order valence-corrected chi connectivity index (χ1v) is 21.0. The summed E-state index contributed by atoms with van der Waals surface area (Å²) in [4.78, 5) is 66.5. The molecule has 3 N–H and O–H groups in total. The predicted molar refractivity (Wildman–Crippen MR) is 223 cm³/mol. The highest BCUT2D eigenvalue weighted by Gasteiger charge is 2.35. The number of thiazole rings is 1. The van der Waals surface area contributed by atoms with Crippen molar-refractivity contribution in [3.8, 4) is 0 Å². The molecule has 3 saturated heterocycles. The van der Waals surface area contributed by atoms with Crippen LogP contribution in [0.15, 0.2) is 53.3 Å². The van der Waals surface area contributed by atoms with Gasteiger partial charge in [0.25, 0.3) is 5.91 Å². The third kappa shape index (κ3) is 8.11. The van der Waals surface area contributed by atoms with Crippen LogP contribution in [-0.2, 0) is 28.4 Å². The molecule has 3 aliphatic rings. The van der Waals surface area contributed by atoms with E-state index in [2.05, 4.69) is 37.4 Å². The lowest BCUT2D eigenvalue weighted by atomic mass is 9.94. The third-order valence-electron chi connectivity index (χ3n) is 12.2. The van der Waals surface area contributed by atoms with Gasteiger partial charge in [0.15, 0.2) is 5.13 Å². The van der Waals surface area contributed by atoms with E-state index < -0.39 is 35.3 Å². The number of piperidine rings is 3. The topological polar surface area (TPSA) is 158 Å². The number of anilines is 3. The molecule has 1 unspecified atom stereocenters. The molecule has 1 atom stereocenters. The minimum atomic E-state index is -4.70. The maximum absolute atomic E-state index is 13.5. The molecule has 2 aromatic carbocycles. The molecule has 0 aliphatic carbocycles. The number of nitrogens with zero attached hydrogens (tertiary/aromatic N) is 7. The Morgan fingerprint density at radius 2 is 1.67 bits per heavy atom. The van der Waals surface area contributed by atoms with Crippen LogP contribution in [0.5, 0.6) is 0 Å². The van der Waals surface area contributed by atoms with E-state index >= 15 is 0 Å². The number of nitrogens with one attached hydrogen (secondary N) is 2. The van der Waals surface area contributed by atoms with E-state index in [1.54, 1.807) is 37.6 Å². The lowest BCUT2D eigenvalue weighted by molar-refractivity contribution is -0.141. The zero-order valence-corrected chi connectivity index (χ0v) is 34.7. The number of aliphatic hydroxyl groups is 1. The van der Waals surface area contributed by atoms with Crippen LogP contribution in [-0.4, -0.2) is 92.6 Å². The van der Waals surface area contributed by atoms with Crippen LogP contribution in [0.2, 0.25) is 0 Å². The van der Waals surface area contributed by atoms with Gasteiger partial charge in [-0.15, -0.1) is 0 Å². The van der Waals surface area contributed by atoms with Crippen molar-refractivity contribution < 1.29 is 32.7 Å². The average Bonchev–Trinajstić information content (AvgIpc) is 3.74. The van der Waals surface area contributed by atoms with Crippen LogP contribution in [0.3, 0.4) is 0 Å². The Bertz CT molecular complexity index is 2530. The molecule has 6 heterocycles. The maximum atomic E-state index is 13.5. The number of benzene rings is 2. The van der Waals surface area contributed by atoms with E-state index in [0.29, 0.717) is 28.6 Å². The number of hydrogen-bond acceptors (Lipinski definition) is 11. The number of aryl methyl sites for hydroxylation is 1. The lowest BCUT2D eigenvalue weighted by Gasteiger charge is -2.40. The Morgan fingerprint density at radius 1 is 0.967 bits per heavy atom. The molecule has 3 fully saturated rings. The number of para-hydroxylation sites is 1. The van der Waals surface area contributed by atoms with Gasteiger partial charge in [0.1, 0.15) is 17.4 Å². The number of pyridine rings is 1. The first-order chi connectivity index (χ1) is 28.5. The van der Waals surface area contributed by atoms with Gasteiger partial charge >= 0.3 is 11.9 Å². The molecule has 18 heteroatoms. The van der Waals surface area contributed by atoms with Gasteiger partial charge in [0, 0.05) is 63.5 Å². The Hall–Kier alpha value is -5.33. The van der Waals surface area contributed by atoms with E-state index in [1.807, 2.05) is 18.2 Å². The number of carbonyl (C=O) groups excluding carboxylic acids is 3. The quantitative estimate of drug-likeness (QED) is 0.159. The van der Waals surface area contributed by atoms with Gasteiger partial charge < -0.3 is 25.1 Å². The molecule has 0 saturated carbocycles. The number of carbonyl (C=O) groups is 3. The fourth-order valence-corrected chi connectivity index (χ4v) is 9.96. The number of aromatic nitrogens is 4. The van der Waals surface area contributed by atoms with Gasteiger partial charge in [-0.2, -0.15) is 13.2 Å². The summed E-state index contributed by atoms with van der Waals surface area (Å²) >= 11 is 1.47. The molecule has 0 bridgehead atoms. The summed E-state index contributed by atoms with van der Waals surface area (Å²) in [6.07, 6.45) is -0.319. The summed E-state index contributed by atoms with van der Waals surface area (Å²) in [5.41, 5.74) is 0.529. The fraction of sp³-hybridized carbons (Fsp3) is 0.476. The zero-order chi connectivity index (χ0) is 42.7. The number of hydrogen-bond donors (Lipinski definition) is 3. The molecule has 3 amide bonds. The number of imidazole rings is 1. The standard InChI is InChI=1S/C42H48F3N9O5S/c1-41(2,59)26-21-29-33(22-28(26)47-37(56)27-7-5-10-34(46-27)42(43,44)45)60-39(48-29)53-17-13-24(14-18-53)23-50(3)25-15-19-52(20-16-25)30-8-6-9-31-36(30)51(4)40(58)54(31)32-11-12-35(55)49-38(32)57/h5-10,21-22,24-25,32,59H,11-20,23H2,1-4H3,(H,47,56)(H,49,55,57). The van der Waals surface area contributed by atoms with Crippen molar-refractivity contribution in [2.45, 2.75) is 76.2 Å². The summed E-state index contributed by atoms with van der Waals surface area (Å²) in [5, 5.41) is 16.9. The summed E-state index contributed by atoms with van der Waals surface area (Å²) < 4.78 is 43.7. The lowest BCUT2D eigenvalue weighted by Crippen LogP contribution is -2.46. The highest BCUT2D eigenvalue weighted by Crippen LogP contribution is 2.39. The Labute approximate surface area is 348 Å². The molecular weight excluding hydrogens is 800 g/mol. The first kappa shape index (κ1) is 41.4. The Balaban J connectivity index is 0.885. The molecule has 3 aromatic heterocycles. The fourth-order valence-electron chi connectivity index (χ4n) is 8.93. The van der Waals surface area contributed by atoms with Gasteiger partial charge in [-0.3, -0.25) is 28.8 Å². The van der Waals surface area contributed by atoms with E-state index in [0.717, 1.165) is 91.6 Å². The number of amides is 3. The number of rotatable bonds is 9. The van der Waals surface area contributed by atoms with E-state index in [-0.39, 0.29) is 35.8 Å². The van der Waals surface area contributed by atoms with Crippen LogP contribution < -0.4 is 26.1 Å². The van der Waals surface area contributed by atoms with E-state index in [4.69, 9.17) is 4.98 Å². The van der Waals surface area contributed by atoms with Crippen LogP contribution in [0.25, 0.3) is 21.3 Å². The van der Waals surface area contributed by atoms with Crippen LogP contribution in [0.1, 0.15) is 80.2 Å². The van der Waals surface area contributed by atoms with Crippen molar-refractivity contribution in [3.63, 3.8) is 0 Å². The molecule has 3 aliphatic heterocycles. The van der Waals surface area contributed by atoms with Crippen molar-refractivity contribution in [2.75, 3.05) is 54.9 Å². The van der Waals surface area contributed by atoms with E-state index in [1.165, 1.54) is 22.0 Å². The van der Waals surface area contributed by atoms with Crippen LogP contribution in [0.4, 0.5) is 29.7 Å². The highest BCUT2D eigenvalue weighted by molar-refractivity contribution is 7.22. The molecule has 0 radical (unpaired) electrons. The summed E-state index contributed by atoms with van der Waals surface area (Å²) in [7, 11) is 3.93. The first-order valence-electron chi connectivity index (χ1n) is 20.2. The van der Waals surface area contributed by atoms with Gasteiger partial charge in [-0.05, 0) is 95.3 Å². The molecule has 14 nitrogen and oxygen atoms in total. The van der Waals surface area contributed by atoms with Crippen molar-refractivity contribution in [1.82, 2.24) is 29.3 Å². The van der Waals surface area contributed by atoms with Gasteiger partial charge in [0.05, 0.1) is 32.5 Å². The Kier molecular flexibility index (Phi) is 11.0. The van der Waals surface area contributed by atoms with Crippen LogP contribution in [0, 0.1) is 5.92 Å². The largest absolute Gasteiger partial charge is 0.433 e. The second kappa shape index (κ2) is 15.9. The zero-order valence-electron chi connectivity index (χ0n) is 33.9. The van der Waals surface area contributed by atoms with Crippen molar-refractivity contribution in [1.29, 1.82) is 0 Å². The molecular formula is C42H48F3N9O5S. The Morgan fingerprint density at radius 3 is 2.35 bits per heavy atom. The smallest absolute Gasteiger partial charge is 0.386 e. The maximum Gasteiger partial charge on any atom is 0.433 e. The van der Waals surface area contributed by atoms with E-state index in [9.17, 15) is 37.5 Å². The van der Waals surface area contributed by atoms with Crippen molar-refractivity contribution in [3.05, 3.63) is 76.0 Å². The number of alkyl halides is 3. The molecule has 0 spiro atoms. The minimum absolute atomic E-state index is 0.192. The summed E-state index contributed by atoms with van der Waals surface area (Å²) in [5.74, 6) is -1.08. The molecule has 60 heavy (non-hydrogen) atoms. The normalized spacial score (nSPS) is 18.9. The summed E-state index contributed by atoms with van der Waals surface area (Å²) in [6, 6.07) is 12.1. The van der Waals surface area contributed by atoms with Crippen molar-refractivity contribution in [2.24, 2.45) is 13.0 Å². The number of halogens is 3. The van der Waals surface area contributed by atoms with Crippen LogP contribution >= 0.6 is 11.3 Å². The van der Waals surface area contributed by atoms with Crippen molar-refractivity contribution >= 4 is 66.8 Å². The second-order valence-corrected chi connectivity index (χ2v) is 17.7. The van der Waals surface area contributed by atoms with Gasteiger partial charge in [-0.25, -0.2) is 14.8 Å². The number of imide groups is 1. The second-order valence-electron chi connectivity index (χ2n) is 16.7. The highest BCUT2D eigenvalue weighted by atomic mass is 32.1. The number of fused-ring (bicyclic) bond motifs is 2. The average molecular weight is 848 g/mol. The summed E-state index contributed by atoms with van der Waals surface area (Å²) in [6.45, 7) is 7.40. The molecule has 8 rings (SSSR count). The van der Waals surface area contributed by atoms with Gasteiger partial charge in [0.2, 0.25) is 11.8 Å². The monoisotopic (exact) mass is 847 g/mol. The molecule has 318 valence electrons. The minimum Gasteiger partial charge on any atom is -0.386 e. The van der Waals surface area contributed by atoms with Gasteiger partial charge in [-0.1, -0.05) is 23.5 Å². The third-order valence-corrected chi connectivity index (χ3v) is 13.2. The predicted octanol–water partition coefficient (Wildman–Crippen LogP) is 5.64. The molecule has 5 aromatic rings. The SMILES string of the molecule is CN(CC1CCN(c2nc3cc(C(C)(C)O)c(NC(=O)c4cccc(C(F)(F)F)n4)cc3s2)CC1)C1CCN(c2cccc3c2n(C)c(=O)n3C2CCC(=O)NC2=O)CC1.